The number of rotatable bonds is 6. The fourth-order valence-electron chi connectivity index (χ4n) is 3.96. The monoisotopic (exact) mass is 283 g/mol. The van der Waals surface area contributed by atoms with E-state index in [1.54, 1.807) is 7.05 Å². The first kappa shape index (κ1) is 15.8. The largest absolute Gasteiger partial charge is 0.480 e. The molecule has 0 aromatic rings. The molecule has 2 rings (SSSR count). The smallest absolute Gasteiger partial charge is 0.324 e. The van der Waals surface area contributed by atoms with Crippen molar-refractivity contribution in [1.82, 2.24) is 5.32 Å². The molecule has 2 N–H and O–H groups in total. The zero-order chi connectivity index (χ0) is 14.6. The fraction of sp³-hybridized carbons (Fsp3) is 0.938. The van der Waals surface area contributed by atoms with Gasteiger partial charge in [0.25, 0.3) is 0 Å². The minimum Gasteiger partial charge on any atom is -0.480 e. The summed E-state index contributed by atoms with van der Waals surface area (Å²) in [6, 6.07) is 0. The Balaban J connectivity index is 1.77. The Labute approximate surface area is 122 Å². The molecule has 0 spiro atoms. The van der Waals surface area contributed by atoms with Gasteiger partial charge in [-0.15, -0.1) is 0 Å². The third-order valence-corrected chi connectivity index (χ3v) is 5.43. The van der Waals surface area contributed by atoms with Gasteiger partial charge in [-0.05, 0) is 63.8 Å². The highest BCUT2D eigenvalue weighted by molar-refractivity contribution is 5.79. The molecular formula is C16H29NO3. The van der Waals surface area contributed by atoms with Crippen LogP contribution in [0.4, 0.5) is 0 Å². The van der Waals surface area contributed by atoms with Crippen LogP contribution in [0.2, 0.25) is 0 Å². The van der Waals surface area contributed by atoms with E-state index in [0.29, 0.717) is 12.7 Å². The highest BCUT2D eigenvalue weighted by Crippen LogP contribution is 2.38. The Kier molecular flexibility index (Phi) is 5.44. The van der Waals surface area contributed by atoms with E-state index >= 15 is 0 Å². The molecule has 4 nitrogen and oxygen atoms in total. The molecule has 2 atom stereocenters. The number of hydrogen-bond acceptors (Lipinski definition) is 3. The van der Waals surface area contributed by atoms with Crippen molar-refractivity contribution < 1.29 is 14.6 Å². The average molecular weight is 283 g/mol. The first-order chi connectivity index (χ1) is 9.58. The third-order valence-electron chi connectivity index (χ3n) is 5.43. The van der Waals surface area contributed by atoms with Gasteiger partial charge in [-0.3, -0.25) is 4.79 Å². The van der Waals surface area contributed by atoms with Crippen LogP contribution >= 0.6 is 0 Å². The van der Waals surface area contributed by atoms with Crippen LogP contribution < -0.4 is 5.32 Å². The number of carboxylic acid groups (broad SMARTS) is 1. The number of aliphatic carboxylic acids is 1. The molecule has 0 saturated heterocycles. The summed E-state index contributed by atoms with van der Waals surface area (Å²) in [7, 11) is 1.77. The lowest BCUT2D eigenvalue weighted by Crippen LogP contribution is -2.53. The number of carbonyl (C=O) groups is 1. The van der Waals surface area contributed by atoms with Gasteiger partial charge < -0.3 is 15.2 Å². The van der Waals surface area contributed by atoms with Crippen molar-refractivity contribution in [1.29, 1.82) is 0 Å². The van der Waals surface area contributed by atoms with E-state index in [1.807, 2.05) is 0 Å². The summed E-state index contributed by atoms with van der Waals surface area (Å²) in [6.45, 7) is 3.02. The zero-order valence-corrected chi connectivity index (χ0v) is 12.9. The summed E-state index contributed by atoms with van der Waals surface area (Å²) < 4.78 is 5.99. The lowest BCUT2D eigenvalue weighted by Gasteiger charge is -2.32. The second kappa shape index (κ2) is 6.90. The second-order valence-electron chi connectivity index (χ2n) is 6.66. The van der Waals surface area contributed by atoms with Gasteiger partial charge in [0.1, 0.15) is 5.54 Å². The Morgan fingerprint density at radius 3 is 2.60 bits per heavy atom. The molecule has 2 fully saturated rings. The second-order valence-corrected chi connectivity index (χ2v) is 6.66. The van der Waals surface area contributed by atoms with Gasteiger partial charge in [0, 0.05) is 6.61 Å². The van der Waals surface area contributed by atoms with Crippen molar-refractivity contribution >= 4 is 5.97 Å². The van der Waals surface area contributed by atoms with Crippen LogP contribution in [0, 0.1) is 11.8 Å². The van der Waals surface area contributed by atoms with Crippen LogP contribution in [-0.2, 0) is 9.53 Å². The first-order valence-electron chi connectivity index (χ1n) is 8.12. The predicted molar refractivity (Wildman–Crippen MR) is 78.8 cm³/mol. The highest BCUT2D eigenvalue weighted by atomic mass is 16.5. The number of ether oxygens (including phenoxy) is 1. The van der Waals surface area contributed by atoms with Gasteiger partial charge in [0.2, 0.25) is 0 Å². The van der Waals surface area contributed by atoms with Gasteiger partial charge in [-0.25, -0.2) is 0 Å². The molecule has 20 heavy (non-hydrogen) atoms. The lowest BCUT2D eigenvalue weighted by atomic mass is 9.85. The molecule has 4 heteroatoms. The molecule has 2 saturated carbocycles. The van der Waals surface area contributed by atoms with Crippen molar-refractivity contribution in [3.63, 3.8) is 0 Å². The van der Waals surface area contributed by atoms with Gasteiger partial charge in [0.05, 0.1) is 6.10 Å². The summed E-state index contributed by atoms with van der Waals surface area (Å²) in [5.74, 6) is 0.343. The van der Waals surface area contributed by atoms with E-state index in [9.17, 15) is 9.90 Å². The van der Waals surface area contributed by atoms with E-state index in [0.717, 1.165) is 31.6 Å². The molecule has 2 aliphatic rings. The topological polar surface area (TPSA) is 58.6 Å². The van der Waals surface area contributed by atoms with E-state index < -0.39 is 11.5 Å². The molecular weight excluding hydrogens is 254 g/mol. The molecule has 0 radical (unpaired) electrons. The van der Waals surface area contributed by atoms with Crippen LogP contribution in [0.1, 0.15) is 58.3 Å². The Morgan fingerprint density at radius 2 is 2.00 bits per heavy atom. The maximum Gasteiger partial charge on any atom is 0.324 e. The van der Waals surface area contributed by atoms with Crippen LogP contribution in [0.25, 0.3) is 0 Å². The van der Waals surface area contributed by atoms with Crippen LogP contribution in [0.3, 0.4) is 0 Å². The molecule has 0 aromatic carbocycles. The van der Waals surface area contributed by atoms with Gasteiger partial charge in [-0.2, -0.15) is 0 Å². The maximum atomic E-state index is 11.6. The standard InChI is InChI=1S/C16H29NO3/c1-12-5-7-14(8-6-12)20-11-9-13-4-3-10-16(13,17-2)15(18)19/h12-14,17H,3-11H2,1-2H3,(H,18,19). The Bertz CT molecular complexity index is 326. The lowest BCUT2D eigenvalue weighted by molar-refractivity contribution is -0.146. The number of carboxylic acids is 1. The Morgan fingerprint density at radius 1 is 1.30 bits per heavy atom. The van der Waals surface area contributed by atoms with E-state index in [-0.39, 0.29) is 5.92 Å². The highest BCUT2D eigenvalue weighted by Gasteiger charge is 2.47. The molecule has 116 valence electrons. The van der Waals surface area contributed by atoms with E-state index in [4.69, 9.17) is 4.74 Å². The number of likely N-dealkylation sites (N-methyl/N-ethyl adjacent to an activating group) is 1. The van der Waals surface area contributed by atoms with Gasteiger partial charge >= 0.3 is 5.97 Å². The summed E-state index contributed by atoms with van der Waals surface area (Å²) in [5.41, 5.74) is -0.718. The molecule has 0 amide bonds. The third kappa shape index (κ3) is 3.34. The van der Waals surface area contributed by atoms with E-state index in [2.05, 4.69) is 12.2 Å². The van der Waals surface area contributed by atoms with Crippen LogP contribution in [-0.4, -0.2) is 36.4 Å². The van der Waals surface area contributed by atoms with Crippen molar-refractivity contribution in [3.8, 4) is 0 Å². The molecule has 2 aliphatic carbocycles. The Hall–Kier alpha value is -0.610. The number of hydrogen-bond donors (Lipinski definition) is 2. The zero-order valence-electron chi connectivity index (χ0n) is 12.9. The van der Waals surface area contributed by atoms with Crippen molar-refractivity contribution in [3.05, 3.63) is 0 Å². The maximum absolute atomic E-state index is 11.6. The summed E-state index contributed by atoms with van der Waals surface area (Å²) in [5, 5.41) is 12.6. The number of nitrogens with one attached hydrogen (secondary N) is 1. The normalized spacial score (nSPS) is 38.0. The van der Waals surface area contributed by atoms with Crippen molar-refractivity contribution in [2.24, 2.45) is 11.8 Å². The summed E-state index contributed by atoms with van der Waals surface area (Å²) >= 11 is 0. The predicted octanol–water partition coefficient (Wildman–Crippen LogP) is 2.81. The molecule has 0 aliphatic heterocycles. The van der Waals surface area contributed by atoms with Gasteiger partial charge in [0.15, 0.2) is 0 Å². The molecule has 0 heterocycles. The minimum atomic E-state index is -0.718. The van der Waals surface area contributed by atoms with Crippen molar-refractivity contribution in [2.45, 2.75) is 69.9 Å². The molecule has 0 bridgehead atoms. The molecule has 2 unspecified atom stereocenters. The van der Waals surface area contributed by atoms with Crippen molar-refractivity contribution in [2.75, 3.05) is 13.7 Å². The quantitative estimate of drug-likeness (QED) is 0.787. The summed E-state index contributed by atoms with van der Waals surface area (Å²) in [6.07, 6.45) is 8.87. The SMILES string of the molecule is CNC1(C(=O)O)CCCC1CCOC1CCC(C)CC1. The fourth-order valence-corrected chi connectivity index (χ4v) is 3.96. The van der Waals surface area contributed by atoms with Gasteiger partial charge in [-0.1, -0.05) is 13.3 Å². The molecule has 0 aromatic heterocycles. The van der Waals surface area contributed by atoms with Crippen LogP contribution in [0.15, 0.2) is 0 Å². The van der Waals surface area contributed by atoms with E-state index in [1.165, 1.54) is 25.7 Å². The van der Waals surface area contributed by atoms with Crippen LogP contribution in [0.5, 0.6) is 0 Å². The minimum absolute atomic E-state index is 0.201. The first-order valence-corrected chi connectivity index (χ1v) is 8.12. The average Bonchev–Trinajstić information content (AvgIpc) is 2.85. The summed E-state index contributed by atoms with van der Waals surface area (Å²) in [4.78, 5) is 11.6.